The Bertz CT molecular complexity index is 625. The SMILES string of the molecule is Cc1c(CC(C)CN)c2cc3c(cc2n1C)CNC3. The van der Waals surface area contributed by atoms with Crippen molar-refractivity contribution in [2.45, 2.75) is 33.4 Å². The lowest BCUT2D eigenvalue weighted by Crippen LogP contribution is -2.13. The molecule has 0 saturated carbocycles. The first-order valence-corrected chi connectivity index (χ1v) is 7.12. The standard InChI is InChI=1S/C16H23N3/c1-10(7-17)4-14-11(2)19(3)16-6-13-9-18-8-12(13)5-15(14)16/h5-6,10,18H,4,7-9,17H2,1-3H3. The van der Waals surface area contributed by atoms with Gasteiger partial charge in [-0.05, 0) is 54.6 Å². The second-order valence-electron chi connectivity index (χ2n) is 5.91. The number of benzene rings is 1. The van der Waals surface area contributed by atoms with E-state index in [-0.39, 0.29) is 0 Å². The quantitative estimate of drug-likeness (QED) is 0.885. The predicted octanol–water partition coefficient (Wildman–Crippen LogP) is 2.23. The molecule has 0 fully saturated rings. The third kappa shape index (κ3) is 1.97. The first kappa shape index (κ1) is 12.7. The van der Waals surface area contributed by atoms with Gasteiger partial charge in [-0.25, -0.2) is 0 Å². The van der Waals surface area contributed by atoms with Gasteiger partial charge in [-0.2, -0.15) is 0 Å². The van der Waals surface area contributed by atoms with E-state index < -0.39 is 0 Å². The number of nitrogens with two attached hydrogens (primary N) is 1. The van der Waals surface area contributed by atoms with Gasteiger partial charge in [-0.15, -0.1) is 0 Å². The summed E-state index contributed by atoms with van der Waals surface area (Å²) in [6.07, 6.45) is 1.08. The molecule has 19 heavy (non-hydrogen) atoms. The maximum absolute atomic E-state index is 5.79. The highest BCUT2D eigenvalue weighted by atomic mass is 15.0. The van der Waals surface area contributed by atoms with Gasteiger partial charge in [0.25, 0.3) is 0 Å². The van der Waals surface area contributed by atoms with Crippen LogP contribution < -0.4 is 11.1 Å². The van der Waals surface area contributed by atoms with Gasteiger partial charge in [0.2, 0.25) is 0 Å². The zero-order valence-electron chi connectivity index (χ0n) is 12.1. The fourth-order valence-corrected chi connectivity index (χ4v) is 3.12. The average molecular weight is 257 g/mol. The zero-order chi connectivity index (χ0) is 13.6. The Morgan fingerprint density at radius 2 is 2.00 bits per heavy atom. The molecule has 3 nitrogen and oxygen atoms in total. The predicted molar refractivity (Wildman–Crippen MR) is 80.1 cm³/mol. The second kappa shape index (κ2) is 4.66. The van der Waals surface area contributed by atoms with E-state index in [0.717, 1.165) is 26.1 Å². The van der Waals surface area contributed by atoms with Gasteiger partial charge in [-0.3, -0.25) is 0 Å². The van der Waals surface area contributed by atoms with Crippen LogP contribution in [0.3, 0.4) is 0 Å². The van der Waals surface area contributed by atoms with Gasteiger partial charge >= 0.3 is 0 Å². The van der Waals surface area contributed by atoms with E-state index >= 15 is 0 Å². The lowest BCUT2D eigenvalue weighted by Gasteiger charge is -2.09. The van der Waals surface area contributed by atoms with Gasteiger partial charge in [-0.1, -0.05) is 6.92 Å². The zero-order valence-corrected chi connectivity index (χ0v) is 12.1. The van der Waals surface area contributed by atoms with E-state index in [0.29, 0.717) is 5.92 Å². The minimum Gasteiger partial charge on any atom is -0.348 e. The molecular formula is C16H23N3. The first-order chi connectivity index (χ1) is 9.11. The van der Waals surface area contributed by atoms with Gasteiger partial charge in [0.15, 0.2) is 0 Å². The average Bonchev–Trinajstić information content (AvgIpc) is 2.95. The molecule has 0 aliphatic carbocycles. The molecule has 0 amide bonds. The maximum Gasteiger partial charge on any atom is 0.0486 e. The van der Waals surface area contributed by atoms with E-state index in [1.807, 2.05) is 0 Å². The topological polar surface area (TPSA) is 43.0 Å². The minimum atomic E-state index is 0.538. The van der Waals surface area contributed by atoms with Crippen LogP contribution in [-0.4, -0.2) is 11.1 Å². The van der Waals surface area contributed by atoms with Crippen LogP contribution in [0.4, 0.5) is 0 Å². The molecule has 3 rings (SSSR count). The summed E-state index contributed by atoms with van der Waals surface area (Å²) in [5, 5.41) is 4.85. The molecule has 3 N–H and O–H groups in total. The van der Waals surface area contributed by atoms with Crippen molar-refractivity contribution in [3.05, 3.63) is 34.5 Å². The summed E-state index contributed by atoms with van der Waals surface area (Å²) in [5.41, 5.74) is 12.9. The fraction of sp³-hybridized carbons (Fsp3) is 0.500. The molecule has 0 spiro atoms. The maximum atomic E-state index is 5.79. The monoisotopic (exact) mass is 257 g/mol. The van der Waals surface area contributed by atoms with E-state index in [1.165, 1.54) is 33.3 Å². The summed E-state index contributed by atoms with van der Waals surface area (Å²) in [6, 6.07) is 4.74. The Labute approximate surface area is 114 Å². The molecule has 0 radical (unpaired) electrons. The lowest BCUT2D eigenvalue weighted by molar-refractivity contribution is 0.592. The molecule has 102 valence electrons. The summed E-state index contributed by atoms with van der Waals surface area (Å²) < 4.78 is 2.33. The van der Waals surface area contributed by atoms with Crippen LogP contribution in [-0.2, 0) is 26.6 Å². The van der Waals surface area contributed by atoms with Crippen molar-refractivity contribution in [3.8, 4) is 0 Å². The number of aryl methyl sites for hydroxylation is 1. The number of aromatic nitrogens is 1. The largest absolute Gasteiger partial charge is 0.348 e. The highest BCUT2D eigenvalue weighted by molar-refractivity contribution is 5.87. The Morgan fingerprint density at radius 3 is 2.68 bits per heavy atom. The summed E-state index contributed by atoms with van der Waals surface area (Å²) in [7, 11) is 2.17. The van der Waals surface area contributed by atoms with Crippen molar-refractivity contribution in [3.63, 3.8) is 0 Å². The normalized spacial score (nSPS) is 16.0. The number of fused-ring (bicyclic) bond motifs is 2. The molecule has 0 bridgehead atoms. The van der Waals surface area contributed by atoms with Crippen molar-refractivity contribution in [2.75, 3.05) is 6.54 Å². The van der Waals surface area contributed by atoms with Crippen LogP contribution in [0.5, 0.6) is 0 Å². The minimum absolute atomic E-state index is 0.538. The summed E-state index contributed by atoms with van der Waals surface area (Å²) in [6.45, 7) is 7.21. The molecule has 2 aromatic rings. The van der Waals surface area contributed by atoms with Crippen LogP contribution in [0.2, 0.25) is 0 Å². The molecule has 3 heteroatoms. The molecule has 2 heterocycles. The van der Waals surface area contributed by atoms with Gasteiger partial charge in [0, 0.05) is 36.7 Å². The van der Waals surface area contributed by atoms with Crippen molar-refractivity contribution in [1.82, 2.24) is 9.88 Å². The molecule has 1 aromatic carbocycles. The van der Waals surface area contributed by atoms with Crippen LogP contribution in [0.15, 0.2) is 12.1 Å². The molecule has 0 saturated heterocycles. The molecule has 1 aromatic heterocycles. The number of hydrogen-bond acceptors (Lipinski definition) is 2. The van der Waals surface area contributed by atoms with E-state index in [1.54, 1.807) is 0 Å². The Kier molecular flexibility index (Phi) is 3.11. The third-order valence-electron chi connectivity index (χ3n) is 4.53. The van der Waals surface area contributed by atoms with Crippen LogP contribution in [0.25, 0.3) is 10.9 Å². The van der Waals surface area contributed by atoms with Gasteiger partial charge in [0.1, 0.15) is 0 Å². The molecule has 1 unspecified atom stereocenters. The smallest absolute Gasteiger partial charge is 0.0486 e. The van der Waals surface area contributed by atoms with Crippen molar-refractivity contribution in [2.24, 2.45) is 18.7 Å². The molecule has 1 aliphatic heterocycles. The highest BCUT2D eigenvalue weighted by Crippen LogP contribution is 2.31. The second-order valence-corrected chi connectivity index (χ2v) is 5.91. The highest BCUT2D eigenvalue weighted by Gasteiger charge is 2.18. The summed E-state index contributed by atoms with van der Waals surface area (Å²) in [5.74, 6) is 0.538. The molecule has 1 atom stereocenters. The Balaban J connectivity index is 2.18. The van der Waals surface area contributed by atoms with Gasteiger partial charge in [0.05, 0.1) is 0 Å². The van der Waals surface area contributed by atoms with Crippen LogP contribution in [0.1, 0.15) is 29.3 Å². The van der Waals surface area contributed by atoms with E-state index in [4.69, 9.17) is 5.73 Å². The number of nitrogens with zero attached hydrogens (tertiary/aromatic N) is 1. The van der Waals surface area contributed by atoms with Crippen LogP contribution >= 0.6 is 0 Å². The molecule has 1 aliphatic rings. The lowest BCUT2D eigenvalue weighted by atomic mass is 9.97. The fourth-order valence-electron chi connectivity index (χ4n) is 3.12. The van der Waals surface area contributed by atoms with Crippen molar-refractivity contribution >= 4 is 10.9 Å². The van der Waals surface area contributed by atoms with Gasteiger partial charge < -0.3 is 15.6 Å². The Hall–Kier alpha value is -1.32. The summed E-state index contributed by atoms with van der Waals surface area (Å²) in [4.78, 5) is 0. The van der Waals surface area contributed by atoms with E-state index in [9.17, 15) is 0 Å². The number of hydrogen-bond donors (Lipinski definition) is 2. The number of rotatable bonds is 3. The Morgan fingerprint density at radius 1 is 1.32 bits per heavy atom. The van der Waals surface area contributed by atoms with E-state index in [2.05, 4.69) is 42.9 Å². The summed E-state index contributed by atoms with van der Waals surface area (Å²) >= 11 is 0. The van der Waals surface area contributed by atoms with Crippen LogP contribution in [0, 0.1) is 12.8 Å². The first-order valence-electron chi connectivity index (χ1n) is 7.12. The molecular weight excluding hydrogens is 234 g/mol. The van der Waals surface area contributed by atoms with Crippen molar-refractivity contribution in [1.29, 1.82) is 0 Å². The third-order valence-corrected chi connectivity index (χ3v) is 4.53. The van der Waals surface area contributed by atoms with Crippen molar-refractivity contribution < 1.29 is 0 Å². The number of nitrogens with one attached hydrogen (secondary N) is 1.